The maximum Gasteiger partial charge on any atom is 0.159 e. The number of nitriles is 1. The summed E-state index contributed by atoms with van der Waals surface area (Å²) in [5, 5.41) is 8.39. The SMILES string of the molecule is CCCOc1cnc(-c2ccc(C#CC#N)cc2)nc1. The normalized spacial score (nSPS) is 9.20. The number of hydrogen-bond donors (Lipinski definition) is 0. The predicted molar refractivity (Wildman–Crippen MR) is 75.7 cm³/mol. The molecule has 20 heavy (non-hydrogen) atoms. The summed E-state index contributed by atoms with van der Waals surface area (Å²) in [4.78, 5) is 8.54. The van der Waals surface area contributed by atoms with Gasteiger partial charge in [0.15, 0.2) is 17.6 Å². The molecule has 0 aliphatic rings. The van der Waals surface area contributed by atoms with Crippen LogP contribution in [0.25, 0.3) is 11.4 Å². The second-order valence-electron chi connectivity index (χ2n) is 4.03. The molecule has 1 heterocycles. The van der Waals surface area contributed by atoms with E-state index in [0.717, 1.165) is 17.5 Å². The van der Waals surface area contributed by atoms with E-state index in [2.05, 4.69) is 21.8 Å². The Morgan fingerprint density at radius 3 is 2.45 bits per heavy atom. The van der Waals surface area contributed by atoms with E-state index in [9.17, 15) is 0 Å². The molecule has 1 aromatic heterocycles. The maximum atomic E-state index is 8.39. The molecule has 0 spiro atoms. The van der Waals surface area contributed by atoms with Crippen molar-refractivity contribution in [3.63, 3.8) is 0 Å². The second-order valence-corrected chi connectivity index (χ2v) is 4.03. The first-order valence-corrected chi connectivity index (χ1v) is 6.29. The van der Waals surface area contributed by atoms with Crippen LogP contribution in [0.2, 0.25) is 0 Å². The number of nitrogens with zero attached hydrogens (tertiary/aromatic N) is 3. The number of hydrogen-bond acceptors (Lipinski definition) is 4. The first kappa shape index (κ1) is 13.6. The Labute approximate surface area is 118 Å². The van der Waals surface area contributed by atoms with Crippen molar-refractivity contribution in [1.29, 1.82) is 5.26 Å². The number of ether oxygens (including phenoxy) is 1. The first-order chi connectivity index (χ1) is 9.83. The van der Waals surface area contributed by atoms with Gasteiger partial charge in [-0.15, -0.1) is 0 Å². The smallest absolute Gasteiger partial charge is 0.159 e. The Kier molecular flexibility index (Phi) is 4.70. The number of aromatic nitrogens is 2. The van der Waals surface area contributed by atoms with Crippen LogP contribution in [0.3, 0.4) is 0 Å². The fraction of sp³-hybridized carbons (Fsp3) is 0.188. The van der Waals surface area contributed by atoms with Gasteiger partial charge in [-0.3, -0.25) is 0 Å². The molecule has 0 saturated carbocycles. The largest absolute Gasteiger partial charge is 0.490 e. The monoisotopic (exact) mass is 263 g/mol. The van der Waals surface area contributed by atoms with Gasteiger partial charge < -0.3 is 4.74 Å². The fourth-order valence-corrected chi connectivity index (χ4v) is 1.56. The zero-order valence-corrected chi connectivity index (χ0v) is 11.1. The highest BCUT2D eigenvalue weighted by atomic mass is 16.5. The zero-order chi connectivity index (χ0) is 14.2. The molecule has 4 heteroatoms. The lowest BCUT2D eigenvalue weighted by atomic mass is 10.1. The van der Waals surface area contributed by atoms with Crippen LogP contribution in [0.5, 0.6) is 5.75 Å². The average molecular weight is 263 g/mol. The molecular weight excluding hydrogens is 250 g/mol. The summed E-state index contributed by atoms with van der Waals surface area (Å²) in [5.41, 5.74) is 1.69. The van der Waals surface area contributed by atoms with Crippen molar-refractivity contribution < 1.29 is 4.74 Å². The third-order valence-corrected chi connectivity index (χ3v) is 2.51. The molecule has 0 bridgehead atoms. The molecule has 0 unspecified atom stereocenters. The highest BCUT2D eigenvalue weighted by molar-refractivity contribution is 5.57. The molecule has 0 aliphatic heterocycles. The molecular formula is C16H13N3O. The van der Waals surface area contributed by atoms with E-state index in [-0.39, 0.29) is 0 Å². The maximum absolute atomic E-state index is 8.39. The number of benzene rings is 1. The topological polar surface area (TPSA) is 58.8 Å². The quantitative estimate of drug-likeness (QED) is 0.796. The minimum Gasteiger partial charge on any atom is -0.490 e. The molecule has 0 N–H and O–H groups in total. The van der Waals surface area contributed by atoms with Crippen LogP contribution in [-0.2, 0) is 0 Å². The van der Waals surface area contributed by atoms with Crippen LogP contribution in [0.4, 0.5) is 0 Å². The Morgan fingerprint density at radius 2 is 1.85 bits per heavy atom. The van der Waals surface area contributed by atoms with Crippen LogP contribution >= 0.6 is 0 Å². The van der Waals surface area contributed by atoms with Gasteiger partial charge >= 0.3 is 0 Å². The van der Waals surface area contributed by atoms with Crippen LogP contribution in [0.1, 0.15) is 18.9 Å². The first-order valence-electron chi connectivity index (χ1n) is 6.29. The average Bonchev–Trinajstić information content (AvgIpc) is 2.52. The highest BCUT2D eigenvalue weighted by Crippen LogP contribution is 2.17. The van der Waals surface area contributed by atoms with Crippen molar-refractivity contribution in [2.75, 3.05) is 6.61 Å². The van der Waals surface area contributed by atoms with Crippen molar-refractivity contribution >= 4 is 0 Å². The molecule has 0 aliphatic carbocycles. The van der Waals surface area contributed by atoms with Crippen LogP contribution in [0.15, 0.2) is 36.7 Å². The summed E-state index contributed by atoms with van der Waals surface area (Å²) < 4.78 is 5.44. The van der Waals surface area contributed by atoms with Gasteiger partial charge in [-0.1, -0.05) is 12.8 Å². The Balaban J connectivity index is 2.13. The molecule has 2 rings (SSSR count). The number of rotatable bonds is 4. The second kappa shape index (κ2) is 6.92. The van der Waals surface area contributed by atoms with Gasteiger partial charge in [0.2, 0.25) is 0 Å². The summed E-state index contributed by atoms with van der Waals surface area (Å²) in [7, 11) is 0. The van der Waals surface area contributed by atoms with Crippen LogP contribution in [0, 0.1) is 23.2 Å². The van der Waals surface area contributed by atoms with Gasteiger partial charge in [-0.25, -0.2) is 9.97 Å². The molecule has 4 nitrogen and oxygen atoms in total. The van der Waals surface area contributed by atoms with Crippen molar-refractivity contribution in [3.8, 4) is 35.0 Å². The van der Waals surface area contributed by atoms with E-state index < -0.39 is 0 Å². The fourth-order valence-electron chi connectivity index (χ4n) is 1.56. The minimum absolute atomic E-state index is 0.633. The molecule has 2 aromatic rings. The molecule has 0 radical (unpaired) electrons. The van der Waals surface area contributed by atoms with E-state index in [4.69, 9.17) is 10.00 Å². The van der Waals surface area contributed by atoms with Crippen LogP contribution < -0.4 is 4.74 Å². The van der Waals surface area contributed by atoms with E-state index in [1.807, 2.05) is 31.2 Å². The predicted octanol–water partition coefficient (Wildman–Crippen LogP) is 2.81. The molecule has 0 atom stereocenters. The lowest BCUT2D eigenvalue weighted by molar-refractivity contribution is 0.315. The third-order valence-electron chi connectivity index (χ3n) is 2.51. The molecule has 1 aromatic carbocycles. The molecule has 0 fully saturated rings. The van der Waals surface area contributed by atoms with E-state index in [0.29, 0.717) is 18.2 Å². The Bertz CT molecular complexity index is 658. The lowest BCUT2D eigenvalue weighted by Gasteiger charge is -2.04. The van der Waals surface area contributed by atoms with Gasteiger partial charge in [-0.05, 0) is 30.7 Å². The van der Waals surface area contributed by atoms with E-state index in [1.165, 1.54) is 0 Å². The van der Waals surface area contributed by atoms with Gasteiger partial charge in [0.05, 0.1) is 19.0 Å². The standard InChI is InChI=1S/C16H13N3O/c1-2-10-20-15-11-18-16(19-12-15)14-7-5-13(6-8-14)4-3-9-17/h5-8,11-12H,2,10H2,1H3. The lowest BCUT2D eigenvalue weighted by Crippen LogP contribution is -1.97. The zero-order valence-electron chi connectivity index (χ0n) is 11.1. The minimum atomic E-state index is 0.633. The van der Waals surface area contributed by atoms with Crippen molar-refractivity contribution in [3.05, 3.63) is 42.2 Å². The summed E-state index contributed by atoms with van der Waals surface area (Å²) in [6.07, 6.45) is 4.29. The molecule has 0 saturated heterocycles. The summed E-state index contributed by atoms with van der Waals surface area (Å²) in [6, 6.07) is 9.22. The van der Waals surface area contributed by atoms with Gasteiger partial charge in [-0.2, -0.15) is 5.26 Å². The summed E-state index contributed by atoms with van der Waals surface area (Å²) in [5.74, 6) is 6.40. The van der Waals surface area contributed by atoms with Gasteiger partial charge in [0, 0.05) is 17.0 Å². The van der Waals surface area contributed by atoms with Crippen molar-refractivity contribution in [2.24, 2.45) is 0 Å². The highest BCUT2D eigenvalue weighted by Gasteiger charge is 2.01. The molecule has 0 amide bonds. The van der Waals surface area contributed by atoms with E-state index >= 15 is 0 Å². The summed E-state index contributed by atoms with van der Waals surface area (Å²) in [6.45, 7) is 2.71. The Hall–Kier alpha value is -2.85. The van der Waals surface area contributed by atoms with Gasteiger partial charge in [0.25, 0.3) is 0 Å². The van der Waals surface area contributed by atoms with Crippen molar-refractivity contribution in [1.82, 2.24) is 9.97 Å². The summed E-state index contributed by atoms with van der Waals surface area (Å²) >= 11 is 0. The Morgan fingerprint density at radius 1 is 1.15 bits per heavy atom. The van der Waals surface area contributed by atoms with Gasteiger partial charge in [0.1, 0.15) is 0 Å². The van der Waals surface area contributed by atoms with Crippen LogP contribution in [-0.4, -0.2) is 16.6 Å². The third kappa shape index (κ3) is 3.57. The van der Waals surface area contributed by atoms with E-state index in [1.54, 1.807) is 18.5 Å². The molecule has 98 valence electrons. The van der Waals surface area contributed by atoms with Crippen molar-refractivity contribution in [2.45, 2.75) is 13.3 Å².